The van der Waals surface area contributed by atoms with E-state index in [9.17, 15) is 23.2 Å². The predicted molar refractivity (Wildman–Crippen MR) is 64.4 cm³/mol. The van der Waals surface area contributed by atoms with Gasteiger partial charge in [0, 0.05) is 18.7 Å². The maximum Gasteiger partial charge on any atom is 0.328 e. The van der Waals surface area contributed by atoms with Gasteiger partial charge in [0.15, 0.2) is 11.6 Å². The Labute approximate surface area is 112 Å². The van der Waals surface area contributed by atoms with Crippen LogP contribution < -0.4 is 4.90 Å². The van der Waals surface area contributed by atoms with Crippen LogP contribution in [-0.4, -0.2) is 29.3 Å². The molecule has 0 spiro atoms. The second kappa shape index (κ2) is 4.84. The molecule has 1 aromatic rings. The minimum Gasteiger partial charge on any atom is -0.478 e. The van der Waals surface area contributed by atoms with Crippen molar-refractivity contribution in [3.8, 4) is 0 Å². The number of carbonyl (C=O) groups excluding carboxylic acids is 2. The average Bonchev–Trinajstić information content (AvgIpc) is 2.55. The van der Waals surface area contributed by atoms with E-state index in [0.29, 0.717) is 6.07 Å². The van der Waals surface area contributed by atoms with Crippen molar-refractivity contribution in [3.05, 3.63) is 41.0 Å². The van der Waals surface area contributed by atoms with Crippen LogP contribution in [0, 0.1) is 11.6 Å². The van der Waals surface area contributed by atoms with Crippen molar-refractivity contribution in [1.29, 1.82) is 0 Å². The lowest BCUT2D eigenvalue weighted by atomic mass is 10.1. The standard InChI is InChI=1S/C13H9F2NO4/c1-6(2-11(17)18)5-16-10-4-9(15)8(14)3-7(10)12(19)13(16)20/h2-4H,5H2,1H3,(H,17,18)/b6-2-. The highest BCUT2D eigenvalue weighted by Gasteiger charge is 2.37. The molecule has 0 fully saturated rings. The molecule has 104 valence electrons. The lowest BCUT2D eigenvalue weighted by molar-refractivity contribution is -0.131. The molecule has 0 saturated heterocycles. The SMILES string of the molecule is C/C(=C/C(=O)O)CN1C(=O)C(=O)c2cc(F)c(F)cc21. The minimum atomic E-state index is -1.22. The predicted octanol–water partition coefficient (Wildman–Crippen LogP) is 1.53. The van der Waals surface area contributed by atoms with Crippen LogP contribution in [0.5, 0.6) is 0 Å². The fraction of sp³-hybridized carbons (Fsp3) is 0.154. The van der Waals surface area contributed by atoms with Gasteiger partial charge >= 0.3 is 5.97 Å². The number of hydrogen-bond donors (Lipinski definition) is 1. The summed E-state index contributed by atoms with van der Waals surface area (Å²) >= 11 is 0. The van der Waals surface area contributed by atoms with E-state index in [1.807, 2.05) is 0 Å². The molecular weight excluding hydrogens is 272 g/mol. The van der Waals surface area contributed by atoms with E-state index < -0.39 is 29.3 Å². The molecule has 1 aliphatic heterocycles. The molecule has 0 atom stereocenters. The van der Waals surface area contributed by atoms with Gasteiger partial charge in [0.1, 0.15) is 0 Å². The van der Waals surface area contributed by atoms with Crippen molar-refractivity contribution >= 4 is 23.3 Å². The number of halogens is 2. The summed E-state index contributed by atoms with van der Waals surface area (Å²) in [6.45, 7) is 1.26. The second-order valence-corrected chi connectivity index (χ2v) is 4.33. The Bertz CT molecular complexity index is 667. The molecule has 0 saturated carbocycles. The Morgan fingerprint density at radius 3 is 2.50 bits per heavy atom. The third-order valence-corrected chi connectivity index (χ3v) is 2.79. The Hall–Kier alpha value is -2.57. The number of nitrogens with zero attached hydrogens (tertiary/aromatic N) is 1. The van der Waals surface area contributed by atoms with Gasteiger partial charge in [-0.1, -0.05) is 0 Å². The van der Waals surface area contributed by atoms with Crippen molar-refractivity contribution in [3.63, 3.8) is 0 Å². The molecule has 0 bridgehead atoms. The van der Waals surface area contributed by atoms with Gasteiger partial charge in [-0.05, 0) is 18.6 Å². The van der Waals surface area contributed by atoms with Gasteiger partial charge in [0.05, 0.1) is 11.3 Å². The molecule has 2 rings (SSSR count). The number of fused-ring (bicyclic) bond motifs is 1. The summed E-state index contributed by atoms with van der Waals surface area (Å²) in [4.78, 5) is 34.9. The first-order chi connectivity index (χ1) is 9.31. The molecule has 5 nitrogen and oxygen atoms in total. The number of carboxylic acids is 1. The van der Waals surface area contributed by atoms with Crippen molar-refractivity contribution in [2.45, 2.75) is 6.92 Å². The van der Waals surface area contributed by atoms with Crippen LogP contribution in [0.3, 0.4) is 0 Å². The summed E-state index contributed by atoms with van der Waals surface area (Å²) in [7, 11) is 0. The maximum atomic E-state index is 13.2. The van der Waals surface area contributed by atoms with Crippen molar-refractivity contribution in [2.75, 3.05) is 11.4 Å². The molecule has 0 radical (unpaired) electrons. The summed E-state index contributed by atoms with van der Waals surface area (Å²) in [6.07, 6.45) is 0.871. The van der Waals surface area contributed by atoms with Gasteiger partial charge in [0.25, 0.3) is 11.7 Å². The number of Topliss-reactive ketones (excluding diaryl/α,β-unsaturated/α-hetero) is 1. The zero-order valence-corrected chi connectivity index (χ0v) is 10.3. The van der Waals surface area contributed by atoms with E-state index in [1.165, 1.54) is 6.92 Å². The summed E-state index contributed by atoms with van der Waals surface area (Å²) < 4.78 is 26.3. The van der Waals surface area contributed by atoms with Crippen LogP contribution in [0.2, 0.25) is 0 Å². The van der Waals surface area contributed by atoms with Gasteiger partial charge in [-0.25, -0.2) is 13.6 Å². The van der Waals surface area contributed by atoms with Gasteiger partial charge in [-0.3, -0.25) is 9.59 Å². The van der Waals surface area contributed by atoms with Crippen LogP contribution in [0.15, 0.2) is 23.8 Å². The van der Waals surface area contributed by atoms with Crippen molar-refractivity contribution in [1.82, 2.24) is 0 Å². The Balaban J connectivity index is 2.43. The molecule has 1 N–H and O–H groups in total. The minimum absolute atomic E-state index is 0.0583. The van der Waals surface area contributed by atoms with Crippen molar-refractivity contribution < 1.29 is 28.3 Å². The molecular formula is C13H9F2NO4. The van der Waals surface area contributed by atoms with Gasteiger partial charge in [0.2, 0.25) is 0 Å². The number of carbonyl (C=O) groups is 3. The number of carboxylic acid groups (broad SMARTS) is 1. The molecule has 1 amide bonds. The van der Waals surface area contributed by atoms with Crippen LogP contribution in [-0.2, 0) is 9.59 Å². The van der Waals surface area contributed by atoms with Crippen LogP contribution in [0.1, 0.15) is 17.3 Å². The average molecular weight is 281 g/mol. The van der Waals surface area contributed by atoms with E-state index in [0.717, 1.165) is 17.0 Å². The van der Waals surface area contributed by atoms with Crippen LogP contribution in [0.4, 0.5) is 14.5 Å². The molecule has 1 aliphatic rings. The quantitative estimate of drug-likeness (QED) is 0.673. The number of rotatable bonds is 3. The van der Waals surface area contributed by atoms with E-state index in [2.05, 4.69) is 0 Å². The molecule has 7 heteroatoms. The Morgan fingerprint density at radius 2 is 1.90 bits per heavy atom. The van der Waals surface area contributed by atoms with E-state index in [1.54, 1.807) is 0 Å². The number of ketones is 1. The fourth-order valence-corrected chi connectivity index (χ4v) is 1.95. The van der Waals surface area contributed by atoms with E-state index >= 15 is 0 Å². The molecule has 0 aliphatic carbocycles. The highest BCUT2D eigenvalue weighted by Crippen LogP contribution is 2.31. The molecule has 0 unspecified atom stereocenters. The number of hydrogen-bond acceptors (Lipinski definition) is 3. The Kier molecular flexibility index (Phi) is 3.35. The molecule has 1 aromatic carbocycles. The van der Waals surface area contributed by atoms with Gasteiger partial charge in [-0.15, -0.1) is 0 Å². The number of anilines is 1. The smallest absolute Gasteiger partial charge is 0.328 e. The molecule has 0 aromatic heterocycles. The van der Waals surface area contributed by atoms with Crippen LogP contribution >= 0.6 is 0 Å². The second-order valence-electron chi connectivity index (χ2n) is 4.33. The molecule has 1 heterocycles. The normalized spacial score (nSPS) is 14.8. The summed E-state index contributed by atoms with van der Waals surface area (Å²) in [6, 6.07) is 1.42. The lowest BCUT2D eigenvalue weighted by Crippen LogP contribution is -2.31. The summed E-state index contributed by atoms with van der Waals surface area (Å²) in [5, 5.41) is 8.60. The third-order valence-electron chi connectivity index (χ3n) is 2.79. The highest BCUT2D eigenvalue weighted by molar-refractivity contribution is 6.52. The monoisotopic (exact) mass is 281 g/mol. The Morgan fingerprint density at radius 1 is 1.30 bits per heavy atom. The van der Waals surface area contributed by atoms with Crippen LogP contribution in [0.25, 0.3) is 0 Å². The fourth-order valence-electron chi connectivity index (χ4n) is 1.95. The first kappa shape index (κ1) is 13.9. The first-order valence-corrected chi connectivity index (χ1v) is 5.56. The highest BCUT2D eigenvalue weighted by atomic mass is 19.2. The van der Waals surface area contributed by atoms with Gasteiger partial charge < -0.3 is 10.0 Å². The number of aliphatic carboxylic acids is 1. The number of amides is 1. The first-order valence-electron chi connectivity index (χ1n) is 5.56. The lowest BCUT2D eigenvalue weighted by Gasteiger charge is -2.16. The summed E-state index contributed by atoms with van der Waals surface area (Å²) in [5.41, 5.74) is 0.00490. The van der Waals surface area contributed by atoms with Crippen molar-refractivity contribution in [2.24, 2.45) is 0 Å². The topological polar surface area (TPSA) is 74.7 Å². The largest absolute Gasteiger partial charge is 0.478 e. The van der Waals surface area contributed by atoms with E-state index in [-0.39, 0.29) is 23.4 Å². The summed E-state index contributed by atoms with van der Waals surface area (Å²) in [5.74, 6) is -5.49. The third kappa shape index (κ3) is 2.29. The zero-order valence-electron chi connectivity index (χ0n) is 10.3. The zero-order chi connectivity index (χ0) is 15.0. The number of benzene rings is 1. The molecule has 20 heavy (non-hydrogen) atoms. The van der Waals surface area contributed by atoms with Gasteiger partial charge in [-0.2, -0.15) is 0 Å². The maximum absolute atomic E-state index is 13.2. The van der Waals surface area contributed by atoms with E-state index in [4.69, 9.17) is 5.11 Å².